The molecule has 11 nitrogen and oxygen atoms in total. The fourth-order valence-electron chi connectivity index (χ4n) is 2.06. The summed E-state index contributed by atoms with van der Waals surface area (Å²) < 4.78 is 9.78. The Morgan fingerprint density at radius 1 is 1.24 bits per heavy atom. The summed E-state index contributed by atoms with van der Waals surface area (Å²) in [6.45, 7) is 8.08. The van der Waals surface area contributed by atoms with Crippen LogP contribution in [-0.2, 0) is 14.3 Å². The maximum absolute atomic E-state index is 12.0. The number of carbonyl (C=O) groups is 3. The van der Waals surface area contributed by atoms with Gasteiger partial charge >= 0.3 is 11.9 Å². The van der Waals surface area contributed by atoms with Crippen LogP contribution in [0.2, 0.25) is 0 Å². The van der Waals surface area contributed by atoms with Crippen LogP contribution in [0.4, 0.5) is 0 Å². The number of hydrogen-bond donors (Lipinski definition) is 2. The van der Waals surface area contributed by atoms with Gasteiger partial charge < -0.3 is 24.8 Å². The van der Waals surface area contributed by atoms with Crippen molar-refractivity contribution in [2.24, 2.45) is 9.98 Å². The molecule has 0 radical (unpaired) electrons. The molecular formula is C22H35N5O6. The molecule has 2 atom stereocenters. The molecule has 11 heteroatoms. The molecular weight excluding hydrogens is 430 g/mol. The van der Waals surface area contributed by atoms with E-state index >= 15 is 0 Å². The highest BCUT2D eigenvalue weighted by atomic mass is 16.5. The number of aliphatic carboxylic acids is 1. The van der Waals surface area contributed by atoms with Gasteiger partial charge in [-0.05, 0) is 53.4 Å². The van der Waals surface area contributed by atoms with E-state index in [-0.39, 0.29) is 5.56 Å². The summed E-state index contributed by atoms with van der Waals surface area (Å²) >= 11 is 0. The van der Waals surface area contributed by atoms with Gasteiger partial charge in [0.1, 0.15) is 0 Å². The van der Waals surface area contributed by atoms with Crippen molar-refractivity contribution in [2.75, 3.05) is 40.8 Å². The summed E-state index contributed by atoms with van der Waals surface area (Å²) in [5.41, 5.74) is 0.100. The SMILES string of the molecule is CCC(C)OC(=O)C(NC(=O)c1ccc(OC)nc1)C(=O)O.CCN=C=NCCCN(C)C. The molecule has 1 aromatic rings. The summed E-state index contributed by atoms with van der Waals surface area (Å²) in [5, 5.41) is 11.2. The molecule has 184 valence electrons. The van der Waals surface area contributed by atoms with Gasteiger partial charge in [0.05, 0.1) is 31.3 Å². The van der Waals surface area contributed by atoms with E-state index in [1.807, 2.05) is 6.92 Å². The lowest BCUT2D eigenvalue weighted by Crippen LogP contribution is -2.48. The Morgan fingerprint density at radius 2 is 1.94 bits per heavy atom. The van der Waals surface area contributed by atoms with Crippen LogP contribution in [0.3, 0.4) is 0 Å². The second-order valence-electron chi connectivity index (χ2n) is 7.10. The van der Waals surface area contributed by atoms with E-state index in [0.717, 1.165) is 26.1 Å². The Labute approximate surface area is 194 Å². The number of aromatic nitrogens is 1. The standard InChI is InChI=1S/C14H18N2O6.C8H17N3/c1-4-8(2)22-14(20)11(13(18)19)16-12(17)9-5-6-10(21-3)15-7-9;1-4-9-8-10-6-5-7-11(2)3/h5-8,11H,4H2,1-3H3,(H,16,17)(H,18,19);4-7H2,1-3H3. The molecule has 1 amide bonds. The summed E-state index contributed by atoms with van der Waals surface area (Å²) in [6, 6.07) is 3.72. The van der Waals surface area contributed by atoms with Crippen LogP contribution >= 0.6 is 0 Å². The van der Waals surface area contributed by atoms with Gasteiger partial charge in [0.2, 0.25) is 11.9 Å². The summed E-state index contributed by atoms with van der Waals surface area (Å²) in [4.78, 5) is 48.7. The van der Waals surface area contributed by atoms with E-state index in [9.17, 15) is 14.4 Å². The zero-order valence-electron chi connectivity index (χ0n) is 20.2. The maximum atomic E-state index is 12.0. The van der Waals surface area contributed by atoms with Crippen molar-refractivity contribution in [1.82, 2.24) is 15.2 Å². The van der Waals surface area contributed by atoms with Crippen molar-refractivity contribution in [3.63, 3.8) is 0 Å². The molecule has 0 aromatic carbocycles. The molecule has 1 heterocycles. The predicted octanol–water partition coefficient (Wildman–Crippen LogP) is 1.75. The number of amides is 1. The lowest BCUT2D eigenvalue weighted by atomic mass is 10.2. The maximum Gasteiger partial charge on any atom is 0.340 e. The minimum Gasteiger partial charge on any atom is -0.481 e. The molecule has 0 saturated heterocycles. The normalized spacial score (nSPS) is 11.7. The van der Waals surface area contributed by atoms with Crippen LogP contribution in [0.1, 0.15) is 44.0 Å². The van der Waals surface area contributed by atoms with Crippen molar-refractivity contribution < 1.29 is 29.0 Å². The van der Waals surface area contributed by atoms with E-state index < -0.39 is 30.0 Å². The summed E-state index contributed by atoms with van der Waals surface area (Å²) in [7, 11) is 5.54. The van der Waals surface area contributed by atoms with Crippen LogP contribution in [0.25, 0.3) is 0 Å². The topological polar surface area (TPSA) is 143 Å². The third-order valence-electron chi connectivity index (χ3n) is 4.03. The molecule has 0 aliphatic carbocycles. The minimum atomic E-state index is -1.77. The first-order valence-electron chi connectivity index (χ1n) is 10.6. The number of ether oxygens (including phenoxy) is 2. The van der Waals surface area contributed by atoms with E-state index in [2.05, 4.69) is 45.3 Å². The monoisotopic (exact) mass is 465 g/mol. The van der Waals surface area contributed by atoms with Gasteiger partial charge in [-0.3, -0.25) is 4.79 Å². The Kier molecular flexibility index (Phi) is 15.6. The third kappa shape index (κ3) is 13.7. The van der Waals surface area contributed by atoms with Crippen molar-refractivity contribution in [2.45, 2.75) is 45.8 Å². The third-order valence-corrected chi connectivity index (χ3v) is 4.03. The number of pyridine rings is 1. The number of nitrogens with one attached hydrogen (secondary N) is 1. The molecule has 2 unspecified atom stereocenters. The average Bonchev–Trinajstić information content (AvgIpc) is 2.79. The molecule has 0 spiro atoms. The van der Waals surface area contributed by atoms with Gasteiger partial charge in [-0.25, -0.2) is 24.6 Å². The molecule has 1 aromatic heterocycles. The Bertz CT molecular complexity index is 791. The van der Waals surface area contributed by atoms with Crippen molar-refractivity contribution in [3.05, 3.63) is 23.9 Å². The minimum absolute atomic E-state index is 0.100. The van der Waals surface area contributed by atoms with Crippen molar-refractivity contribution >= 4 is 23.9 Å². The van der Waals surface area contributed by atoms with E-state index in [1.54, 1.807) is 13.8 Å². The fourth-order valence-corrected chi connectivity index (χ4v) is 2.06. The number of nitrogens with zero attached hydrogens (tertiary/aromatic N) is 4. The highest BCUT2D eigenvalue weighted by Gasteiger charge is 2.31. The number of carboxylic acids is 1. The number of esters is 1. The number of hydrogen-bond acceptors (Lipinski definition) is 9. The largest absolute Gasteiger partial charge is 0.481 e. The Balaban J connectivity index is 0.000000785. The van der Waals surface area contributed by atoms with Crippen LogP contribution in [0.5, 0.6) is 5.88 Å². The Morgan fingerprint density at radius 3 is 2.42 bits per heavy atom. The first kappa shape index (κ1) is 29.7. The van der Waals surface area contributed by atoms with Gasteiger partial charge in [0, 0.05) is 18.8 Å². The van der Waals surface area contributed by atoms with E-state index in [1.165, 1.54) is 25.4 Å². The second-order valence-corrected chi connectivity index (χ2v) is 7.10. The molecule has 0 bridgehead atoms. The first-order chi connectivity index (χ1) is 15.7. The van der Waals surface area contributed by atoms with Crippen LogP contribution in [0, 0.1) is 0 Å². The average molecular weight is 466 g/mol. The highest BCUT2D eigenvalue weighted by Crippen LogP contribution is 2.07. The lowest BCUT2D eigenvalue weighted by Gasteiger charge is -2.16. The number of carbonyl (C=O) groups excluding carboxylic acids is 2. The molecule has 1 rings (SSSR count). The number of aliphatic imine (C=N–C) groups is 2. The molecule has 0 saturated carbocycles. The zero-order chi connectivity index (χ0) is 25.2. The van der Waals surface area contributed by atoms with Gasteiger partial charge in [0.15, 0.2) is 0 Å². The molecule has 0 fully saturated rings. The van der Waals surface area contributed by atoms with Crippen LogP contribution in [0.15, 0.2) is 28.3 Å². The number of rotatable bonds is 12. The van der Waals surface area contributed by atoms with Crippen LogP contribution < -0.4 is 10.1 Å². The van der Waals surface area contributed by atoms with Gasteiger partial charge in [-0.2, -0.15) is 0 Å². The van der Waals surface area contributed by atoms with E-state index in [4.69, 9.17) is 14.6 Å². The smallest absolute Gasteiger partial charge is 0.340 e. The quantitative estimate of drug-likeness (QED) is 0.206. The first-order valence-corrected chi connectivity index (χ1v) is 10.6. The summed E-state index contributed by atoms with van der Waals surface area (Å²) in [6.07, 6.45) is 2.40. The number of methoxy groups -OCH3 is 1. The van der Waals surface area contributed by atoms with Crippen molar-refractivity contribution in [1.29, 1.82) is 0 Å². The van der Waals surface area contributed by atoms with Crippen LogP contribution in [-0.4, -0.2) is 91.8 Å². The molecule has 2 N–H and O–H groups in total. The summed E-state index contributed by atoms with van der Waals surface area (Å²) in [5.74, 6) is -2.95. The highest BCUT2D eigenvalue weighted by molar-refractivity contribution is 6.05. The predicted molar refractivity (Wildman–Crippen MR) is 124 cm³/mol. The van der Waals surface area contributed by atoms with Gasteiger partial charge in [0.25, 0.3) is 5.91 Å². The Hall–Kier alpha value is -3.30. The fraction of sp³-hybridized carbons (Fsp3) is 0.591. The molecule has 0 aliphatic heterocycles. The zero-order valence-corrected chi connectivity index (χ0v) is 20.2. The van der Waals surface area contributed by atoms with E-state index in [0.29, 0.717) is 12.3 Å². The molecule has 0 aliphatic rings. The number of carboxylic acid groups (broad SMARTS) is 1. The lowest BCUT2D eigenvalue weighted by molar-refractivity contribution is -0.158. The van der Waals surface area contributed by atoms with Crippen molar-refractivity contribution in [3.8, 4) is 5.88 Å². The van der Waals surface area contributed by atoms with Gasteiger partial charge in [-0.1, -0.05) is 6.92 Å². The molecule has 33 heavy (non-hydrogen) atoms. The van der Waals surface area contributed by atoms with Gasteiger partial charge in [-0.15, -0.1) is 0 Å². The second kappa shape index (κ2) is 17.3.